The third-order valence-corrected chi connectivity index (χ3v) is 11.3. The Bertz CT molecular complexity index is 1900. The van der Waals surface area contributed by atoms with Crippen LogP contribution in [-0.4, -0.2) is 72.6 Å². The molecule has 57 heavy (non-hydrogen) atoms. The summed E-state index contributed by atoms with van der Waals surface area (Å²) in [7, 11) is 0.449. The van der Waals surface area contributed by atoms with Crippen LogP contribution in [0.15, 0.2) is 30.3 Å². The van der Waals surface area contributed by atoms with Gasteiger partial charge >= 0.3 is 25.2 Å². The standard InChI is InChI=1S/C42H57BClFN2O10/c1-38(2,3)53-35(49)24-16-14-15-22(33(24)52-13)17-31(43-56-30-19-23-18-29(41(23,10)11)42(30,12)57-43)46-34(48)32(47-37(51)55-40(7,8)9)25-21-28(45)26(20-27(25)44)36(50)54-39(4,5)6/h14-16,20-21,23,29-32H,17-19H2,1-13H3,(H,46,48)(H,47,51)/t23-,29-,30+,31?,32?,42-/m0/s1. The first-order valence-electron chi connectivity index (χ1n) is 19.4. The molecule has 1 saturated heterocycles. The minimum Gasteiger partial charge on any atom is -0.496 e. The quantitative estimate of drug-likeness (QED) is 0.138. The number of carbonyl (C=O) groups is 4. The zero-order valence-electron chi connectivity index (χ0n) is 35.3. The summed E-state index contributed by atoms with van der Waals surface area (Å²) >= 11 is 6.69. The molecule has 6 atom stereocenters. The molecule has 3 aliphatic carbocycles. The molecule has 2 aromatic rings. The van der Waals surface area contributed by atoms with Crippen molar-refractivity contribution in [2.24, 2.45) is 17.3 Å². The van der Waals surface area contributed by atoms with E-state index >= 15 is 4.39 Å². The molecular formula is C42H57BClFN2O10. The largest absolute Gasteiger partial charge is 0.496 e. The van der Waals surface area contributed by atoms with Crippen molar-refractivity contribution in [1.29, 1.82) is 0 Å². The molecule has 2 N–H and O–H groups in total. The number of esters is 2. The number of benzene rings is 2. The first kappa shape index (κ1) is 44.2. The number of nitrogens with one attached hydrogen (secondary N) is 2. The van der Waals surface area contributed by atoms with Gasteiger partial charge < -0.3 is 38.9 Å². The third kappa shape index (κ3) is 9.71. The van der Waals surface area contributed by atoms with E-state index in [1.165, 1.54) is 7.11 Å². The Kier molecular flexibility index (Phi) is 12.2. The lowest BCUT2D eigenvalue weighted by molar-refractivity contribution is -0.199. The van der Waals surface area contributed by atoms with Crippen LogP contribution in [0.2, 0.25) is 5.02 Å². The maximum Gasteiger partial charge on any atom is 0.482 e. The van der Waals surface area contributed by atoms with Crippen molar-refractivity contribution in [2.45, 2.75) is 143 Å². The third-order valence-electron chi connectivity index (χ3n) is 10.9. The second-order valence-electron chi connectivity index (χ2n) is 19.1. The van der Waals surface area contributed by atoms with Gasteiger partial charge in [0.25, 0.3) is 0 Å². The van der Waals surface area contributed by atoms with E-state index in [4.69, 9.17) is 39.9 Å². The van der Waals surface area contributed by atoms with Crippen LogP contribution >= 0.6 is 11.6 Å². The van der Waals surface area contributed by atoms with Gasteiger partial charge in [0.15, 0.2) is 0 Å². The second kappa shape index (κ2) is 15.7. The first-order chi connectivity index (χ1) is 26.1. The number of halogens is 2. The highest BCUT2D eigenvalue weighted by Gasteiger charge is 2.68. The molecule has 2 amide bonds. The number of rotatable bonds is 10. The van der Waals surface area contributed by atoms with E-state index in [2.05, 4.69) is 24.5 Å². The van der Waals surface area contributed by atoms with Gasteiger partial charge in [-0.25, -0.2) is 18.8 Å². The monoisotopic (exact) mass is 814 g/mol. The van der Waals surface area contributed by atoms with Gasteiger partial charge in [0.1, 0.15) is 40.0 Å². The van der Waals surface area contributed by atoms with Crippen molar-refractivity contribution in [3.05, 3.63) is 63.4 Å². The summed E-state index contributed by atoms with van der Waals surface area (Å²) in [6.45, 7) is 21.7. The molecule has 1 heterocycles. The predicted molar refractivity (Wildman–Crippen MR) is 213 cm³/mol. The lowest BCUT2D eigenvalue weighted by atomic mass is 9.43. The van der Waals surface area contributed by atoms with E-state index in [-0.39, 0.29) is 45.8 Å². The zero-order chi connectivity index (χ0) is 42.6. The molecule has 15 heteroatoms. The van der Waals surface area contributed by atoms with Gasteiger partial charge in [0.2, 0.25) is 5.91 Å². The molecule has 2 bridgehead atoms. The smallest absolute Gasteiger partial charge is 0.482 e. The summed E-state index contributed by atoms with van der Waals surface area (Å²) < 4.78 is 51.5. The number of methoxy groups -OCH3 is 1. The van der Waals surface area contributed by atoms with Crippen LogP contribution in [0.3, 0.4) is 0 Å². The Labute approximate surface area is 340 Å². The fourth-order valence-corrected chi connectivity index (χ4v) is 8.53. The molecular weight excluding hydrogens is 758 g/mol. The molecule has 2 aromatic carbocycles. The molecule has 0 radical (unpaired) electrons. The topological polar surface area (TPSA) is 148 Å². The summed E-state index contributed by atoms with van der Waals surface area (Å²) in [5.74, 6) is -3.44. The highest BCUT2D eigenvalue weighted by molar-refractivity contribution is 6.48. The highest BCUT2D eigenvalue weighted by Crippen LogP contribution is 2.65. The fourth-order valence-electron chi connectivity index (χ4n) is 8.25. The lowest BCUT2D eigenvalue weighted by Crippen LogP contribution is -2.65. The summed E-state index contributed by atoms with van der Waals surface area (Å²) in [6, 6.07) is 5.39. The number of amides is 2. The Hall–Kier alpha value is -3.88. The van der Waals surface area contributed by atoms with E-state index in [1.54, 1.807) is 80.5 Å². The van der Waals surface area contributed by atoms with Crippen molar-refractivity contribution in [3.8, 4) is 5.75 Å². The number of carbonyl (C=O) groups excluding carboxylic acids is 4. The first-order valence-corrected chi connectivity index (χ1v) is 19.8. The van der Waals surface area contributed by atoms with Gasteiger partial charge in [-0.05, 0) is 130 Å². The van der Waals surface area contributed by atoms with Crippen LogP contribution in [0.1, 0.15) is 134 Å². The average Bonchev–Trinajstić information content (AvgIpc) is 3.42. The number of ether oxygens (including phenoxy) is 4. The van der Waals surface area contributed by atoms with Crippen LogP contribution in [0.5, 0.6) is 5.75 Å². The molecule has 312 valence electrons. The van der Waals surface area contributed by atoms with E-state index in [9.17, 15) is 19.2 Å². The average molecular weight is 815 g/mol. The molecule has 4 fully saturated rings. The number of hydrogen-bond donors (Lipinski definition) is 2. The van der Waals surface area contributed by atoms with Crippen LogP contribution in [-0.2, 0) is 34.7 Å². The maximum absolute atomic E-state index is 15.8. The second-order valence-corrected chi connectivity index (χ2v) is 19.5. The van der Waals surface area contributed by atoms with Gasteiger partial charge in [0, 0.05) is 10.6 Å². The summed E-state index contributed by atoms with van der Waals surface area (Å²) in [6.07, 6.45) is 0.566. The van der Waals surface area contributed by atoms with Gasteiger partial charge in [-0.15, -0.1) is 0 Å². The Balaban J connectivity index is 1.55. The Morgan fingerprint density at radius 2 is 1.49 bits per heavy atom. The molecule has 4 aliphatic rings. The van der Waals surface area contributed by atoms with Crippen molar-refractivity contribution in [2.75, 3.05) is 7.11 Å². The SMILES string of the molecule is COc1c(CC(NC(=O)C(NC(=O)OC(C)(C)C)c2cc(F)c(C(=O)OC(C)(C)C)cc2Cl)B2O[C@@H]3C[C@@H]4C[C@@H](C4(C)C)[C@]3(C)O2)cccc1C(=O)OC(C)(C)C. The highest BCUT2D eigenvalue weighted by atomic mass is 35.5. The molecule has 6 rings (SSSR count). The zero-order valence-corrected chi connectivity index (χ0v) is 36.1. The van der Waals surface area contributed by atoms with Crippen molar-refractivity contribution in [1.82, 2.24) is 10.6 Å². The van der Waals surface area contributed by atoms with E-state index in [0.29, 0.717) is 11.5 Å². The summed E-state index contributed by atoms with van der Waals surface area (Å²) in [5, 5.41) is 5.36. The van der Waals surface area contributed by atoms with Gasteiger partial charge in [-0.2, -0.15) is 0 Å². The van der Waals surface area contributed by atoms with Crippen molar-refractivity contribution >= 4 is 42.7 Å². The van der Waals surface area contributed by atoms with Crippen LogP contribution in [0, 0.1) is 23.1 Å². The van der Waals surface area contributed by atoms with Crippen LogP contribution in [0.25, 0.3) is 0 Å². The summed E-state index contributed by atoms with van der Waals surface area (Å²) in [5.41, 5.74) is -3.16. The van der Waals surface area contributed by atoms with Crippen molar-refractivity contribution in [3.63, 3.8) is 0 Å². The van der Waals surface area contributed by atoms with Gasteiger partial charge in [0.05, 0.1) is 30.3 Å². The summed E-state index contributed by atoms with van der Waals surface area (Å²) in [4.78, 5) is 54.1. The predicted octanol–water partition coefficient (Wildman–Crippen LogP) is 7.96. The minimum atomic E-state index is -1.63. The fraction of sp³-hybridized carbons (Fsp3) is 0.619. The molecule has 0 aromatic heterocycles. The van der Waals surface area contributed by atoms with Gasteiger partial charge in [-0.1, -0.05) is 37.6 Å². The molecule has 0 spiro atoms. The molecule has 1 aliphatic heterocycles. The lowest BCUT2D eigenvalue weighted by Gasteiger charge is -2.64. The van der Waals surface area contributed by atoms with Crippen LogP contribution in [0.4, 0.5) is 9.18 Å². The van der Waals surface area contributed by atoms with Gasteiger partial charge in [-0.3, -0.25) is 4.79 Å². The normalized spacial score (nSPS) is 23.6. The Morgan fingerprint density at radius 3 is 2.05 bits per heavy atom. The van der Waals surface area contributed by atoms with E-state index in [0.717, 1.165) is 25.0 Å². The maximum atomic E-state index is 15.8. The number of hydrogen-bond acceptors (Lipinski definition) is 10. The molecule has 2 unspecified atom stereocenters. The Morgan fingerprint density at radius 1 is 0.895 bits per heavy atom. The van der Waals surface area contributed by atoms with E-state index < -0.39 is 76.8 Å². The minimum absolute atomic E-state index is 0.0297. The van der Waals surface area contributed by atoms with Crippen molar-refractivity contribution < 1.29 is 51.8 Å². The van der Waals surface area contributed by atoms with Crippen LogP contribution < -0.4 is 15.4 Å². The number of alkyl carbamates (subject to hydrolysis) is 1. The van der Waals surface area contributed by atoms with E-state index in [1.807, 2.05) is 6.92 Å². The number of para-hydroxylation sites is 1. The molecule has 12 nitrogen and oxygen atoms in total. The molecule has 3 saturated carbocycles.